The van der Waals surface area contributed by atoms with Crippen molar-refractivity contribution in [1.82, 2.24) is 4.90 Å². The van der Waals surface area contributed by atoms with Gasteiger partial charge in [0.2, 0.25) is 0 Å². The zero-order valence-electron chi connectivity index (χ0n) is 7.71. The van der Waals surface area contributed by atoms with Crippen LogP contribution in [0.4, 0.5) is 0 Å². The van der Waals surface area contributed by atoms with Gasteiger partial charge in [-0.25, -0.2) is 0 Å². The molecule has 2 aliphatic rings. The maximum atomic E-state index is 2.42. The number of rotatable bonds is 1. The molecule has 0 N–H and O–H groups in total. The Balaban J connectivity index is 1.94. The van der Waals surface area contributed by atoms with Crippen LogP contribution in [0.1, 0.15) is 32.1 Å². The maximum Gasteiger partial charge on any atom is 0.00946 e. The third-order valence-corrected chi connectivity index (χ3v) is 3.70. The van der Waals surface area contributed by atoms with Gasteiger partial charge in [0.25, 0.3) is 0 Å². The number of hydrogen-bond donors (Lipinski definition) is 0. The molecule has 2 rings (SSSR count). The molecule has 2 aliphatic carbocycles. The van der Waals surface area contributed by atoms with Crippen molar-refractivity contribution in [2.45, 2.75) is 38.1 Å². The fourth-order valence-electron chi connectivity index (χ4n) is 2.95. The predicted molar refractivity (Wildman–Crippen MR) is 47.5 cm³/mol. The van der Waals surface area contributed by atoms with Crippen LogP contribution < -0.4 is 0 Å². The molecule has 2 fully saturated rings. The Bertz CT molecular complexity index is 130. The molecule has 0 saturated heterocycles. The molecule has 0 amide bonds. The van der Waals surface area contributed by atoms with Gasteiger partial charge in [-0.15, -0.1) is 0 Å². The Hall–Kier alpha value is -0.0400. The van der Waals surface area contributed by atoms with Gasteiger partial charge >= 0.3 is 0 Å². The van der Waals surface area contributed by atoms with Crippen LogP contribution in [-0.2, 0) is 0 Å². The molecule has 11 heavy (non-hydrogen) atoms. The largest absolute Gasteiger partial charge is 0.306 e. The lowest BCUT2D eigenvalue weighted by molar-refractivity contribution is 0.284. The Morgan fingerprint density at radius 3 is 2.00 bits per heavy atom. The van der Waals surface area contributed by atoms with E-state index < -0.39 is 0 Å². The monoisotopic (exact) mass is 153 g/mol. The van der Waals surface area contributed by atoms with Crippen LogP contribution in [0.15, 0.2) is 0 Å². The molecular formula is C10H19N. The number of fused-ring (bicyclic) bond motifs is 1. The van der Waals surface area contributed by atoms with Crippen molar-refractivity contribution in [1.29, 1.82) is 0 Å². The summed E-state index contributed by atoms with van der Waals surface area (Å²) in [5, 5.41) is 0. The molecule has 0 spiro atoms. The van der Waals surface area contributed by atoms with Crippen LogP contribution in [0.2, 0.25) is 0 Å². The highest BCUT2D eigenvalue weighted by Crippen LogP contribution is 2.44. The summed E-state index contributed by atoms with van der Waals surface area (Å²) in [5.74, 6) is 2.20. The van der Waals surface area contributed by atoms with Crippen LogP contribution in [0.3, 0.4) is 0 Å². The third kappa shape index (κ3) is 1.31. The van der Waals surface area contributed by atoms with Crippen LogP contribution in [0, 0.1) is 11.8 Å². The molecule has 2 atom stereocenters. The lowest BCUT2D eigenvalue weighted by Gasteiger charge is -2.19. The van der Waals surface area contributed by atoms with Crippen molar-refractivity contribution in [2.75, 3.05) is 14.1 Å². The second kappa shape index (κ2) is 2.78. The molecule has 64 valence electrons. The molecule has 1 heteroatoms. The predicted octanol–water partition coefficient (Wildman–Crippen LogP) is 2.13. The first kappa shape index (κ1) is 7.60. The minimum atomic E-state index is 0.908. The Kier molecular flexibility index (Phi) is 1.92. The maximum absolute atomic E-state index is 2.42. The molecule has 2 unspecified atom stereocenters. The smallest absolute Gasteiger partial charge is 0.00946 e. The average molecular weight is 153 g/mol. The summed E-state index contributed by atoms with van der Waals surface area (Å²) < 4.78 is 0. The zero-order chi connectivity index (χ0) is 7.84. The first-order valence-electron chi connectivity index (χ1n) is 4.94. The topological polar surface area (TPSA) is 3.24 Å². The molecule has 0 aliphatic heterocycles. The van der Waals surface area contributed by atoms with Crippen LogP contribution in [0.25, 0.3) is 0 Å². The van der Waals surface area contributed by atoms with Gasteiger partial charge in [0, 0.05) is 6.04 Å². The van der Waals surface area contributed by atoms with E-state index in [2.05, 4.69) is 19.0 Å². The van der Waals surface area contributed by atoms with Crippen molar-refractivity contribution < 1.29 is 0 Å². The molecule has 1 nitrogen and oxygen atoms in total. The molecule has 0 aromatic rings. The van der Waals surface area contributed by atoms with E-state index in [-0.39, 0.29) is 0 Å². The van der Waals surface area contributed by atoms with Gasteiger partial charge in [-0.2, -0.15) is 0 Å². The summed E-state index contributed by atoms with van der Waals surface area (Å²) in [6, 6.07) is 0.908. The molecule has 0 radical (unpaired) electrons. The zero-order valence-corrected chi connectivity index (χ0v) is 7.71. The summed E-state index contributed by atoms with van der Waals surface area (Å²) in [4.78, 5) is 2.42. The first-order chi connectivity index (χ1) is 5.27. The van der Waals surface area contributed by atoms with E-state index in [9.17, 15) is 0 Å². The SMILES string of the molecule is CN(C)C1CC2CCCC2C1. The van der Waals surface area contributed by atoms with Crippen molar-refractivity contribution in [3.05, 3.63) is 0 Å². The van der Waals surface area contributed by atoms with Gasteiger partial charge in [0.05, 0.1) is 0 Å². The van der Waals surface area contributed by atoms with Crippen LogP contribution in [0.5, 0.6) is 0 Å². The van der Waals surface area contributed by atoms with Crippen molar-refractivity contribution in [3.8, 4) is 0 Å². The Labute approximate surface area is 69.8 Å². The third-order valence-electron chi connectivity index (χ3n) is 3.70. The molecule has 0 aromatic carbocycles. The van der Waals surface area contributed by atoms with Crippen LogP contribution >= 0.6 is 0 Å². The van der Waals surface area contributed by atoms with E-state index in [0.717, 1.165) is 17.9 Å². The molecular weight excluding hydrogens is 134 g/mol. The van der Waals surface area contributed by atoms with E-state index in [1.165, 1.54) is 32.1 Å². The quantitative estimate of drug-likeness (QED) is 0.558. The van der Waals surface area contributed by atoms with Crippen molar-refractivity contribution >= 4 is 0 Å². The highest BCUT2D eigenvalue weighted by Gasteiger charge is 2.37. The summed E-state index contributed by atoms with van der Waals surface area (Å²) in [7, 11) is 4.46. The number of nitrogens with zero attached hydrogens (tertiary/aromatic N) is 1. The molecule has 2 saturated carbocycles. The lowest BCUT2D eigenvalue weighted by Crippen LogP contribution is -2.25. The molecule has 0 heterocycles. The van der Waals surface area contributed by atoms with Crippen molar-refractivity contribution in [2.24, 2.45) is 11.8 Å². The van der Waals surface area contributed by atoms with Gasteiger partial charge in [-0.05, 0) is 38.8 Å². The highest BCUT2D eigenvalue weighted by molar-refractivity contribution is 4.90. The normalized spacial score (nSPS) is 43.4. The fourth-order valence-corrected chi connectivity index (χ4v) is 2.95. The average Bonchev–Trinajstić information content (AvgIpc) is 2.40. The van der Waals surface area contributed by atoms with Crippen LogP contribution in [-0.4, -0.2) is 25.0 Å². The second-order valence-electron chi connectivity index (χ2n) is 4.54. The highest BCUT2D eigenvalue weighted by atomic mass is 15.1. The van der Waals surface area contributed by atoms with Gasteiger partial charge < -0.3 is 4.90 Å². The van der Waals surface area contributed by atoms with E-state index in [1.807, 2.05) is 0 Å². The van der Waals surface area contributed by atoms with Gasteiger partial charge in [0.1, 0.15) is 0 Å². The summed E-state index contributed by atoms with van der Waals surface area (Å²) >= 11 is 0. The van der Waals surface area contributed by atoms with E-state index in [1.54, 1.807) is 0 Å². The van der Waals surface area contributed by atoms with Crippen molar-refractivity contribution in [3.63, 3.8) is 0 Å². The van der Waals surface area contributed by atoms with E-state index in [4.69, 9.17) is 0 Å². The van der Waals surface area contributed by atoms with E-state index in [0.29, 0.717) is 0 Å². The Morgan fingerprint density at radius 2 is 1.55 bits per heavy atom. The fraction of sp³-hybridized carbons (Fsp3) is 1.00. The van der Waals surface area contributed by atoms with Gasteiger partial charge in [0.15, 0.2) is 0 Å². The lowest BCUT2D eigenvalue weighted by atomic mass is 10.0. The second-order valence-corrected chi connectivity index (χ2v) is 4.54. The van der Waals surface area contributed by atoms with Gasteiger partial charge in [-0.1, -0.05) is 19.3 Å². The molecule has 0 aromatic heterocycles. The summed E-state index contributed by atoms with van der Waals surface area (Å²) in [6.45, 7) is 0. The van der Waals surface area contributed by atoms with E-state index >= 15 is 0 Å². The van der Waals surface area contributed by atoms with Gasteiger partial charge in [-0.3, -0.25) is 0 Å². The summed E-state index contributed by atoms with van der Waals surface area (Å²) in [6.07, 6.45) is 7.52. The minimum Gasteiger partial charge on any atom is -0.306 e. The molecule has 0 bridgehead atoms. The number of hydrogen-bond acceptors (Lipinski definition) is 1. The Morgan fingerprint density at radius 1 is 1.00 bits per heavy atom. The standard InChI is InChI=1S/C10H19N/c1-11(2)10-6-8-4-3-5-9(8)7-10/h8-10H,3-7H2,1-2H3. The minimum absolute atomic E-state index is 0.908. The first-order valence-corrected chi connectivity index (χ1v) is 4.94. The summed E-state index contributed by atoms with van der Waals surface area (Å²) in [5.41, 5.74) is 0.